The van der Waals surface area contributed by atoms with Crippen molar-refractivity contribution in [1.82, 2.24) is 0 Å². The van der Waals surface area contributed by atoms with Crippen molar-refractivity contribution in [1.29, 1.82) is 0 Å². The molecule has 4 heteroatoms. The second-order valence-corrected chi connectivity index (χ2v) is 2.24. The number of halogens is 1. The molecule has 1 aromatic carbocycles. The average molecular weight is 160 g/mol. The molecule has 0 aromatic heterocycles. The van der Waals surface area contributed by atoms with E-state index in [1.165, 1.54) is 12.1 Å². The van der Waals surface area contributed by atoms with Gasteiger partial charge in [-0.2, -0.15) is 0 Å². The fourth-order valence-corrected chi connectivity index (χ4v) is 0.736. The van der Waals surface area contributed by atoms with Gasteiger partial charge in [-0.1, -0.05) is 11.6 Å². The van der Waals surface area contributed by atoms with Gasteiger partial charge in [-0.05, 0) is 12.1 Å². The first-order chi connectivity index (χ1) is 4.63. The van der Waals surface area contributed by atoms with Crippen LogP contribution in [0.2, 0.25) is 5.02 Å². The molecule has 3 nitrogen and oxygen atoms in total. The van der Waals surface area contributed by atoms with Crippen LogP contribution in [0.3, 0.4) is 0 Å². The number of nitrogens with two attached hydrogens (primary N) is 1. The Morgan fingerprint density at radius 1 is 1.30 bits per heavy atom. The van der Waals surface area contributed by atoms with E-state index in [9.17, 15) is 0 Å². The molecule has 0 amide bonds. The second kappa shape index (κ2) is 2.27. The maximum Gasteiger partial charge on any atom is 0.161 e. The Hall–Kier alpha value is -1.09. The van der Waals surface area contributed by atoms with E-state index in [0.717, 1.165) is 0 Å². The van der Waals surface area contributed by atoms with Crippen LogP contribution in [0.1, 0.15) is 0 Å². The molecule has 1 aromatic rings. The van der Waals surface area contributed by atoms with Gasteiger partial charge in [0.15, 0.2) is 5.75 Å². The first kappa shape index (κ1) is 7.02. The molecule has 1 rings (SSSR count). The predicted octanol–water partition coefficient (Wildman–Crippen LogP) is 1.33. The first-order valence-electron chi connectivity index (χ1n) is 2.59. The van der Waals surface area contributed by atoms with E-state index >= 15 is 0 Å². The van der Waals surface area contributed by atoms with Gasteiger partial charge in [0.05, 0.1) is 5.02 Å². The SMILES string of the molecule is Nc1c(O)ccc(Cl)c1O. The molecule has 0 spiro atoms. The molecule has 0 radical (unpaired) electrons. The largest absolute Gasteiger partial charge is 0.506 e. The van der Waals surface area contributed by atoms with Crippen LogP contribution in [0, 0.1) is 0 Å². The van der Waals surface area contributed by atoms with E-state index in [-0.39, 0.29) is 22.2 Å². The minimum absolute atomic E-state index is 0.0903. The molecule has 0 aliphatic rings. The van der Waals surface area contributed by atoms with E-state index in [4.69, 9.17) is 27.5 Å². The standard InChI is InChI=1S/C6H6ClNO2/c7-3-1-2-4(9)5(8)6(3)10/h1-2,9-10H,8H2. The molecule has 0 atom stereocenters. The number of rotatable bonds is 0. The van der Waals surface area contributed by atoms with Crippen molar-refractivity contribution in [3.63, 3.8) is 0 Å². The summed E-state index contributed by atoms with van der Waals surface area (Å²) in [5.74, 6) is -0.441. The van der Waals surface area contributed by atoms with Crippen molar-refractivity contribution in [2.75, 3.05) is 5.73 Å². The van der Waals surface area contributed by atoms with Crippen LogP contribution in [0.25, 0.3) is 0 Å². The summed E-state index contributed by atoms with van der Waals surface area (Å²) in [6.45, 7) is 0. The predicted molar refractivity (Wildman–Crippen MR) is 39.2 cm³/mol. The lowest BCUT2D eigenvalue weighted by Gasteiger charge is -2.01. The van der Waals surface area contributed by atoms with Gasteiger partial charge in [-0.25, -0.2) is 0 Å². The van der Waals surface area contributed by atoms with Crippen molar-refractivity contribution in [3.8, 4) is 11.5 Å². The summed E-state index contributed by atoms with van der Waals surface area (Å²) < 4.78 is 0. The van der Waals surface area contributed by atoms with Gasteiger partial charge in [0, 0.05) is 0 Å². The summed E-state index contributed by atoms with van der Waals surface area (Å²) in [7, 11) is 0. The molecular weight excluding hydrogens is 154 g/mol. The topological polar surface area (TPSA) is 66.5 Å². The van der Waals surface area contributed by atoms with Crippen molar-refractivity contribution in [2.24, 2.45) is 0 Å². The average Bonchev–Trinajstić information content (AvgIpc) is 1.93. The Morgan fingerprint density at radius 2 is 1.90 bits per heavy atom. The normalized spacial score (nSPS) is 9.70. The summed E-state index contributed by atoms with van der Waals surface area (Å²) in [4.78, 5) is 0. The quantitative estimate of drug-likeness (QED) is 0.395. The summed E-state index contributed by atoms with van der Waals surface area (Å²) in [5.41, 5.74) is 5.11. The lowest BCUT2D eigenvalue weighted by Crippen LogP contribution is -1.86. The summed E-state index contributed by atoms with van der Waals surface area (Å²) in [5, 5.41) is 18.0. The van der Waals surface area contributed by atoms with Crippen LogP contribution < -0.4 is 5.73 Å². The van der Waals surface area contributed by atoms with Gasteiger partial charge < -0.3 is 15.9 Å². The van der Waals surface area contributed by atoms with Gasteiger partial charge in [-0.3, -0.25) is 0 Å². The van der Waals surface area contributed by atoms with Gasteiger partial charge in [0.25, 0.3) is 0 Å². The van der Waals surface area contributed by atoms with E-state index in [0.29, 0.717) is 0 Å². The summed E-state index contributed by atoms with van der Waals surface area (Å²) in [6, 6.07) is 2.68. The van der Waals surface area contributed by atoms with Gasteiger partial charge in [-0.15, -0.1) is 0 Å². The Bertz CT molecular complexity index is 235. The van der Waals surface area contributed by atoms with Crippen LogP contribution in [0.5, 0.6) is 11.5 Å². The zero-order chi connectivity index (χ0) is 7.72. The minimum atomic E-state index is -0.276. The number of phenols is 2. The highest BCUT2D eigenvalue weighted by atomic mass is 35.5. The smallest absolute Gasteiger partial charge is 0.161 e. The fourth-order valence-electron chi connectivity index (χ4n) is 0.571. The lowest BCUT2D eigenvalue weighted by atomic mass is 10.3. The number of hydrogen-bond acceptors (Lipinski definition) is 3. The summed E-state index contributed by atoms with van der Waals surface area (Å²) >= 11 is 5.44. The van der Waals surface area contributed by atoms with E-state index in [2.05, 4.69) is 0 Å². The van der Waals surface area contributed by atoms with E-state index < -0.39 is 0 Å². The molecule has 0 saturated carbocycles. The molecule has 54 valence electrons. The highest BCUT2D eigenvalue weighted by Crippen LogP contribution is 2.35. The summed E-state index contributed by atoms with van der Waals surface area (Å²) in [6.07, 6.45) is 0. The minimum Gasteiger partial charge on any atom is -0.506 e. The highest BCUT2D eigenvalue weighted by molar-refractivity contribution is 6.32. The molecule has 4 N–H and O–H groups in total. The van der Waals surface area contributed by atoms with Crippen LogP contribution >= 0.6 is 11.6 Å². The number of phenolic OH excluding ortho intramolecular Hbond substituents is 2. The van der Waals surface area contributed by atoms with Crippen LogP contribution in [0.4, 0.5) is 5.69 Å². The van der Waals surface area contributed by atoms with Gasteiger partial charge in [0.2, 0.25) is 0 Å². The Labute approximate surface area is 62.7 Å². The molecule has 0 bridgehead atoms. The van der Waals surface area contributed by atoms with Gasteiger partial charge in [0.1, 0.15) is 11.4 Å². The monoisotopic (exact) mass is 159 g/mol. The van der Waals surface area contributed by atoms with Crippen molar-refractivity contribution >= 4 is 17.3 Å². The molecule has 0 saturated heterocycles. The Morgan fingerprint density at radius 3 is 2.40 bits per heavy atom. The lowest BCUT2D eigenvalue weighted by molar-refractivity contribution is 0.455. The third-order valence-electron chi connectivity index (χ3n) is 1.14. The third kappa shape index (κ3) is 0.953. The highest BCUT2D eigenvalue weighted by Gasteiger charge is 2.05. The number of aromatic hydroxyl groups is 2. The fraction of sp³-hybridized carbons (Fsp3) is 0. The van der Waals surface area contributed by atoms with E-state index in [1.807, 2.05) is 0 Å². The maximum atomic E-state index is 8.97. The maximum absolute atomic E-state index is 8.97. The van der Waals surface area contributed by atoms with E-state index in [1.54, 1.807) is 0 Å². The zero-order valence-corrected chi connectivity index (χ0v) is 5.76. The molecule has 0 aliphatic carbocycles. The second-order valence-electron chi connectivity index (χ2n) is 1.83. The van der Waals surface area contributed by atoms with Crippen molar-refractivity contribution in [2.45, 2.75) is 0 Å². The number of anilines is 1. The van der Waals surface area contributed by atoms with Crippen LogP contribution in [-0.4, -0.2) is 10.2 Å². The van der Waals surface area contributed by atoms with Gasteiger partial charge >= 0.3 is 0 Å². The third-order valence-corrected chi connectivity index (χ3v) is 1.45. The molecule has 0 fully saturated rings. The Balaban J connectivity index is 3.34. The molecule has 0 heterocycles. The first-order valence-corrected chi connectivity index (χ1v) is 2.96. The zero-order valence-electron chi connectivity index (χ0n) is 5.00. The number of nitrogen functional groups attached to an aromatic ring is 1. The number of hydrogen-bond donors (Lipinski definition) is 3. The van der Waals surface area contributed by atoms with Crippen LogP contribution in [0.15, 0.2) is 12.1 Å². The van der Waals surface area contributed by atoms with Crippen LogP contribution in [-0.2, 0) is 0 Å². The number of benzene rings is 1. The molecule has 0 unspecified atom stereocenters. The van der Waals surface area contributed by atoms with Crippen molar-refractivity contribution in [3.05, 3.63) is 17.2 Å². The molecule has 10 heavy (non-hydrogen) atoms. The molecule has 0 aliphatic heterocycles. The Kier molecular flexibility index (Phi) is 1.59. The van der Waals surface area contributed by atoms with Crippen molar-refractivity contribution < 1.29 is 10.2 Å². The molecular formula is C6H6ClNO2.